The summed E-state index contributed by atoms with van der Waals surface area (Å²) in [6, 6.07) is 1.36. The van der Waals surface area contributed by atoms with Crippen LogP contribution in [0.2, 0.25) is 0 Å². The first-order valence-corrected chi connectivity index (χ1v) is 8.14. The van der Waals surface area contributed by atoms with E-state index in [9.17, 15) is 13.6 Å². The number of fused-ring (bicyclic) bond motifs is 1. The lowest BCUT2D eigenvalue weighted by molar-refractivity contribution is -0.143. The molecule has 0 aliphatic heterocycles. The molecule has 3 heterocycles. The van der Waals surface area contributed by atoms with Crippen LogP contribution in [0, 0.1) is 13.8 Å². The third-order valence-electron chi connectivity index (χ3n) is 4.24. The van der Waals surface area contributed by atoms with Crippen molar-refractivity contribution >= 4 is 17.0 Å². The standard InChI is InChI=1S/C17H19F2N5O2/c1-5-26-14(25)8-24-17-15(9(2)22-24)11(16(18)19)6-13(21-17)12-7-20-23(4)10(12)3/h6-7,16H,5,8H2,1-4H3. The smallest absolute Gasteiger partial charge is 0.327 e. The number of hydrogen-bond donors (Lipinski definition) is 0. The second-order valence-corrected chi connectivity index (χ2v) is 5.91. The Morgan fingerprint density at radius 3 is 2.65 bits per heavy atom. The Morgan fingerprint density at radius 1 is 1.35 bits per heavy atom. The van der Waals surface area contributed by atoms with Crippen LogP contribution >= 0.6 is 0 Å². The normalized spacial score (nSPS) is 11.5. The molecule has 3 aromatic rings. The number of nitrogens with zero attached hydrogens (tertiary/aromatic N) is 5. The predicted molar refractivity (Wildman–Crippen MR) is 90.8 cm³/mol. The van der Waals surface area contributed by atoms with E-state index in [1.165, 1.54) is 10.7 Å². The highest BCUT2D eigenvalue weighted by Gasteiger charge is 2.23. The van der Waals surface area contributed by atoms with Crippen molar-refractivity contribution in [3.63, 3.8) is 0 Å². The van der Waals surface area contributed by atoms with Gasteiger partial charge in [0.15, 0.2) is 5.65 Å². The second kappa shape index (κ2) is 6.81. The van der Waals surface area contributed by atoms with E-state index in [1.807, 2.05) is 6.92 Å². The molecule has 0 aliphatic carbocycles. The number of ether oxygens (including phenoxy) is 1. The van der Waals surface area contributed by atoms with Crippen LogP contribution in [0.25, 0.3) is 22.3 Å². The van der Waals surface area contributed by atoms with Crippen molar-refractivity contribution in [1.29, 1.82) is 0 Å². The number of pyridine rings is 1. The molecule has 9 heteroatoms. The van der Waals surface area contributed by atoms with Crippen LogP contribution in [0.4, 0.5) is 8.78 Å². The number of hydrogen-bond acceptors (Lipinski definition) is 5. The molecule has 0 aliphatic rings. The summed E-state index contributed by atoms with van der Waals surface area (Å²) in [7, 11) is 1.76. The molecule has 0 fully saturated rings. The lowest BCUT2D eigenvalue weighted by Crippen LogP contribution is -2.15. The van der Waals surface area contributed by atoms with Gasteiger partial charge in [-0.1, -0.05) is 0 Å². The first-order chi connectivity index (χ1) is 12.3. The average Bonchev–Trinajstić information content (AvgIpc) is 3.07. The van der Waals surface area contributed by atoms with E-state index >= 15 is 0 Å². The van der Waals surface area contributed by atoms with Gasteiger partial charge in [-0.2, -0.15) is 10.2 Å². The van der Waals surface area contributed by atoms with E-state index in [0.717, 1.165) is 5.69 Å². The van der Waals surface area contributed by atoms with Crippen molar-refractivity contribution in [2.24, 2.45) is 7.05 Å². The molecule has 26 heavy (non-hydrogen) atoms. The number of aromatic nitrogens is 5. The molecule has 138 valence electrons. The van der Waals surface area contributed by atoms with E-state index in [-0.39, 0.29) is 29.7 Å². The van der Waals surface area contributed by atoms with Crippen molar-refractivity contribution in [2.75, 3.05) is 6.61 Å². The van der Waals surface area contributed by atoms with Crippen molar-refractivity contribution in [2.45, 2.75) is 33.7 Å². The maximum Gasteiger partial charge on any atom is 0.327 e. The van der Waals surface area contributed by atoms with Gasteiger partial charge in [-0.15, -0.1) is 0 Å². The van der Waals surface area contributed by atoms with E-state index < -0.39 is 12.4 Å². The number of carbonyl (C=O) groups is 1. The molecule has 0 radical (unpaired) electrons. The number of aryl methyl sites for hydroxylation is 2. The summed E-state index contributed by atoms with van der Waals surface area (Å²) in [5.41, 5.74) is 2.26. The third kappa shape index (κ3) is 3.04. The van der Waals surface area contributed by atoms with Crippen LogP contribution < -0.4 is 0 Å². The quantitative estimate of drug-likeness (QED) is 0.652. The van der Waals surface area contributed by atoms with Gasteiger partial charge in [0, 0.05) is 23.9 Å². The van der Waals surface area contributed by atoms with Gasteiger partial charge in [-0.05, 0) is 26.8 Å². The average molecular weight is 363 g/mol. The van der Waals surface area contributed by atoms with Crippen molar-refractivity contribution in [1.82, 2.24) is 24.5 Å². The maximum atomic E-state index is 13.7. The van der Waals surface area contributed by atoms with Crippen LogP contribution in [0.5, 0.6) is 0 Å². The third-order valence-corrected chi connectivity index (χ3v) is 4.24. The Bertz CT molecular complexity index is 977. The molecule has 0 N–H and O–H groups in total. The Hall–Kier alpha value is -2.84. The van der Waals surface area contributed by atoms with Crippen LogP contribution in [0.3, 0.4) is 0 Å². The molecule has 0 aromatic carbocycles. The van der Waals surface area contributed by atoms with Crippen molar-refractivity contribution in [3.8, 4) is 11.3 Å². The molecular weight excluding hydrogens is 344 g/mol. The van der Waals surface area contributed by atoms with Crippen LogP contribution in [0.1, 0.15) is 30.3 Å². The minimum absolute atomic E-state index is 0.166. The molecule has 0 atom stereocenters. The molecule has 0 amide bonds. The molecule has 3 rings (SSSR count). The largest absolute Gasteiger partial charge is 0.465 e. The first-order valence-electron chi connectivity index (χ1n) is 8.14. The zero-order valence-electron chi connectivity index (χ0n) is 15.0. The molecule has 0 saturated carbocycles. The summed E-state index contributed by atoms with van der Waals surface area (Å²) in [5, 5.41) is 8.62. The molecular formula is C17H19F2N5O2. The summed E-state index contributed by atoms with van der Waals surface area (Å²) in [6.07, 6.45) is -1.12. The van der Waals surface area contributed by atoms with E-state index in [0.29, 0.717) is 17.0 Å². The molecule has 0 unspecified atom stereocenters. The molecule has 0 spiro atoms. The summed E-state index contributed by atoms with van der Waals surface area (Å²) in [5.74, 6) is -0.500. The van der Waals surface area contributed by atoms with Gasteiger partial charge in [-0.25, -0.2) is 18.4 Å². The van der Waals surface area contributed by atoms with Gasteiger partial charge < -0.3 is 4.74 Å². The number of rotatable bonds is 5. The topological polar surface area (TPSA) is 74.8 Å². The number of carbonyl (C=O) groups excluding carboxylic acids is 1. The lowest BCUT2D eigenvalue weighted by Gasteiger charge is -2.08. The van der Waals surface area contributed by atoms with Crippen molar-refractivity contribution < 1.29 is 18.3 Å². The molecule has 0 saturated heterocycles. The fourth-order valence-electron chi connectivity index (χ4n) is 2.89. The SMILES string of the molecule is CCOC(=O)Cn1nc(C)c2c(C(F)F)cc(-c3cnn(C)c3C)nc21. The van der Waals surface area contributed by atoms with Crippen molar-refractivity contribution in [3.05, 3.63) is 29.2 Å². The highest BCUT2D eigenvalue weighted by atomic mass is 19.3. The van der Waals surface area contributed by atoms with Gasteiger partial charge in [-0.3, -0.25) is 9.48 Å². The Morgan fingerprint density at radius 2 is 2.08 bits per heavy atom. The summed E-state index contributed by atoms with van der Waals surface area (Å²) >= 11 is 0. The molecule has 7 nitrogen and oxygen atoms in total. The minimum Gasteiger partial charge on any atom is -0.465 e. The molecule has 3 aromatic heterocycles. The number of esters is 1. The van der Waals surface area contributed by atoms with E-state index in [2.05, 4.69) is 15.2 Å². The van der Waals surface area contributed by atoms with E-state index in [1.54, 1.807) is 31.8 Å². The highest BCUT2D eigenvalue weighted by Crippen LogP contribution is 2.33. The maximum absolute atomic E-state index is 13.7. The van der Waals surface area contributed by atoms with Gasteiger partial charge in [0.2, 0.25) is 0 Å². The minimum atomic E-state index is -2.70. The van der Waals surface area contributed by atoms with E-state index in [4.69, 9.17) is 4.74 Å². The lowest BCUT2D eigenvalue weighted by atomic mass is 10.1. The number of halogens is 2. The van der Waals surface area contributed by atoms with Gasteiger partial charge >= 0.3 is 5.97 Å². The Labute approximate surface area is 148 Å². The van der Waals surface area contributed by atoms with Crippen LogP contribution in [-0.2, 0) is 23.1 Å². The number of alkyl halides is 2. The monoisotopic (exact) mass is 363 g/mol. The fraction of sp³-hybridized carbons (Fsp3) is 0.412. The fourth-order valence-corrected chi connectivity index (χ4v) is 2.89. The Balaban J connectivity index is 2.22. The summed E-state index contributed by atoms with van der Waals surface area (Å²) in [4.78, 5) is 16.3. The van der Waals surface area contributed by atoms with Crippen LogP contribution in [-0.4, -0.2) is 37.1 Å². The van der Waals surface area contributed by atoms with Gasteiger partial charge in [0.05, 0.1) is 29.6 Å². The van der Waals surface area contributed by atoms with Crippen LogP contribution in [0.15, 0.2) is 12.3 Å². The zero-order valence-corrected chi connectivity index (χ0v) is 15.0. The highest BCUT2D eigenvalue weighted by molar-refractivity contribution is 5.86. The van der Waals surface area contributed by atoms with Gasteiger partial charge in [0.1, 0.15) is 6.54 Å². The second-order valence-electron chi connectivity index (χ2n) is 5.91. The zero-order chi connectivity index (χ0) is 19.0. The summed E-state index contributed by atoms with van der Waals surface area (Å²) < 4.78 is 35.3. The first kappa shape index (κ1) is 18.0. The predicted octanol–water partition coefficient (Wildman–Crippen LogP) is 2.95. The van der Waals surface area contributed by atoms with Gasteiger partial charge in [0.25, 0.3) is 6.43 Å². The Kier molecular flexibility index (Phi) is 4.71. The summed E-state index contributed by atoms with van der Waals surface area (Å²) in [6.45, 7) is 5.18. The molecule has 0 bridgehead atoms.